The van der Waals surface area contributed by atoms with Crippen molar-refractivity contribution in [1.82, 2.24) is 14.7 Å². The molecule has 0 unspecified atom stereocenters. The first-order valence-electron chi connectivity index (χ1n) is 11.8. The first kappa shape index (κ1) is 26.0. The Labute approximate surface area is 223 Å². The van der Waals surface area contributed by atoms with Crippen LogP contribution in [0.25, 0.3) is 0 Å². The number of halogens is 2. The monoisotopic (exact) mass is 603 g/mol. The van der Waals surface area contributed by atoms with Crippen molar-refractivity contribution >= 4 is 31.9 Å². The molecule has 1 aliphatic rings. The number of phenolic OH excluding ortho intramolecular Hbond substituents is 3. The van der Waals surface area contributed by atoms with Gasteiger partial charge in [-0.25, -0.2) is 0 Å². The van der Waals surface area contributed by atoms with Gasteiger partial charge in [-0.3, -0.25) is 14.7 Å². The largest absolute Gasteiger partial charge is 0.508 e. The highest BCUT2D eigenvalue weighted by Crippen LogP contribution is 2.26. The van der Waals surface area contributed by atoms with Crippen molar-refractivity contribution in [1.29, 1.82) is 0 Å². The van der Waals surface area contributed by atoms with Crippen LogP contribution in [-0.4, -0.2) is 69.3 Å². The van der Waals surface area contributed by atoms with E-state index in [1.807, 2.05) is 42.5 Å². The van der Waals surface area contributed by atoms with Crippen LogP contribution in [0.3, 0.4) is 0 Å². The molecule has 0 amide bonds. The van der Waals surface area contributed by atoms with E-state index in [1.54, 1.807) is 18.2 Å². The number of benzene rings is 3. The van der Waals surface area contributed by atoms with E-state index in [-0.39, 0.29) is 0 Å². The molecule has 0 atom stereocenters. The van der Waals surface area contributed by atoms with Gasteiger partial charge in [-0.1, -0.05) is 50.1 Å². The molecule has 0 aliphatic carbocycles. The first-order chi connectivity index (χ1) is 16.9. The van der Waals surface area contributed by atoms with E-state index in [1.165, 1.54) is 0 Å². The summed E-state index contributed by atoms with van der Waals surface area (Å²) in [6.45, 7) is 7.01. The molecule has 0 bridgehead atoms. The highest BCUT2D eigenvalue weighted by Gasteiger charge is 2.19. The fourth-order valence-electron chi connectivity index (χ4n) is 4.39. The van der Waals surface area contributed by atoms with Crippen molar-refractivity contribution in [2.24, 2.45) is 0 Å². The zero-order valence-corrected chi connectivity index (χ0v) is 22.7. The van der Waals surface area contributed by atoms with Gasteiger partial charge in [0, 0.05) is 84.5 Å². The Kier molecular flexibility index (Phi) is 9.08. The predicted octanol–water partition coefficient (Wildman–Crippen LogP) is 5.15. The van der Waals surface area contributed by atoms with E-state index in [0.717, 1.165) is 64.9 Å². The molecule has 1 saturated heterocycles. The average molecular weight is 605 g/mol. The minimum Gasteiger partial charge on any atom is -0.508 e. The Morgan fingerprint density at radius 2 is 0.886 bits per heavy atom. The fourth-order valence-corrected chi connectivity index (χ4v) is 5.20. The minimum absolute atomic E-state index is 0.301. The van der Waals surface area contributed by atoms with Gasteiger partial charge in [0.1, 0.15) is 17.2 Å². The SMILES string of the molecule is Oc1ccccc1CN1CCN(Cc2cc(Br)ccc2O)CCN(Cc2cc(Br)ccc2O)CC1. The van der Waals surface area contributed by atoms with Crippen LogP contribution in [0.15, 0.2) is 69.6 Å². The molecular weight excluding hydrogens is 574 g/mol. The second kappa shape index (κ2) is 12.2. The van der Waals surface area contributed by atoms with E-state index in [2.05, 4.69) is 46.6 Å². The molecule has 3 aromatic rings. The van der Waals surface area contributed by atoms with Crippen molar-refractivity contribution in [3.05, 3.63) is 86.3 Å². The summed E-state index contributed by atoms with van der Waals surface area (Å²) in [5.41, 5.74) is 2.70. The number of aromatic hydroxyl groups is 3. The van der Waals surface area contributed by atoms with Crippen molar-refractivity contribution < 1.29 is 15.3 Å². The summed E-state index contributed by atoms with van der Waals surface area (Å²) in [7, 11) is 0. The Morgan fingerprint density at radius 3 is 1.31 bits per heavy atom. The number of hydrogen-bond donors (Lipinski definition) is 3. The summed E-state index contributed by atoms with van der Waals surface area (Å²) in [6.07, 6.45) is 0. The van der Waals surface area contributed by atoms with Gasteiger partial charge >= 0.3 is 0 Å². The predicted molar refractivity (Wildman–Crippen MR) is 146 cm³/mol. The Balaban J connectivity index is 1.53. The topological polar surface area (TPSA) is 70.4 Å². The summed E-state index contributed by atoms with van der Waals surface area (Å²) in [5.74, 6) is 0.921. The first-order valence-corrected chi connectivity index (χ1v) is 13.3. The van der Waals surface area contributed by atoms with Gasteiger partial charge < -0.3 is 15.3 Å². The van der Waals surface area contributed by atoms with Crippen LogP contribution in [0.1, 0.15) is 16.7 Å². The van der Waals surface area contributed by atoms with Crippen LogP contribution >= 0.6 is 31.9 Å². The molecule has 1 heterocycles. The molecule has 1 fully saturated rings. The molecule has 6 nitrogen and oxygen atoms in total. The second-order valence-corrected chi connectivity index (χ2v) is 10.8. The third-order valence-electron chi connectivity index (χ3n) is 6.45. The molecule has 8 heteroatoms. The van der Waals surface area contributed by atoms with E-state index in [0.29, 0.717) is 36.9 Å². The quantitative estimate of drug-likeness (QED) is 0.362. The van der Waals surface area contributed by atoms with Crippen molar-refractivity contribution in [3.8, 4) is 17.2 Å². The number of rotatable bonds is 6. The van der Waals surface area contributed by atoms with Gasteiger partial charge in [-0.15, -0.1) is 0 Å². The Hall–Kier alpha value is -2.10. The van der Waals surface area contributed by atoms with Crippen LogP contribution in [0, 0.1) is 0 Å². The fraction of sp³-hybridized carbons (Fsp3) is 0.333. The maximum atomic E-state index is 10.4. The maximum Gasteiger partial charge on any atom is 0.120 e. The van der Waals surface area contributed by atoms with E-state index in [9.17, 15) is 15.3 Å². The van der Waals surface area contributed by atoms with Gasteiger partial charge in [0.25, 0.3) is 0 Å². The van der Waals surface area contributed by atoms with Crippen LogP contribution < -0.4 is 0 Å². The highest BCUT2D eigenvalue weighted by atomic mass is 79.9. The number of hydrogen-bond acceptors (Lipinski definition) is 6. The van der Waals surface area contributed by atoms with E-state index >= 15 is 0 Å². The van der Waals surface area contributed by atoms with Crippen molar-refractivity contribution in [2.45, 2.75) is 19.6 Å². The minimum atomic E-state index is 0.301. The van der Waals surface area contributed by atoms with Crippen LogP contribution in [0.5, 0.6) is 17.2 Å². The van der Waals surface area contributed by atoms with Crippen molar-refractivity contribution in [2.75, 3.05) is 39.3 Å². The molecule has 0 spiro atoms. The zero-order valence-electron chi connectivity index (χ0n) is 19.6. The third kappa shape index (κ3) is 7.44. The summed E-state index contributed by atoms with van der Waals surface area (Å²) in [6, 6.07) is 18.6. The molecule has 1 aliphatic heterocycles. The Bertz CT molecular complexity index is 1080. The summed E-state index contributed by atoms with van der Waals surface area (Å²) < 4.78 is 1.89. The Morgan fingerprint density at radius 1 is 0.514 bits per heavy atom. The summed E-state index contributed by atoms with van der Waals surface area (Å²) in [5, 5.41) is 31.1. The normalized spacial score (nSPS) is 16.5. The van der Waals surface area contributed by atoms with Gasteiger partial charge in [0.2, 0.25) is 0 Å². The van der Waals surface area contributed by atoms with E-state index in [4.69, 9.17) is 0 Å². The third-order valence-corrected chi connectivity index (χ3v) is 7.44. The smallest absolute Gasteiger partial charge is 0.120 e. The zero-order chi connectivity index (χ0) is 24.8. The lowest BCUT2D eigenvalue weighted by Gasteiger charge is -2.26. The lowest BCUT2D eigenvalue weighted by molar-refractivity contribution is 0.207. The van der Waals surface area contributed by atoms with Gasteiger partial charge in [0.05, 0.1) is 0 Å². The molecule has 0 aromatic heterocycles. The molecule has 0 saturated carbocycles. The second-order valence-electron chi connectivity index (χ2n) is 9.00. The highest BCUT2D eigenvalue weighted by molar-refractivity contribution is 9.10. The van der Waals surface area contributed by atoms with E-state index < -0.39 is 0 Å². The van der Waals surface area contributed by atoms with Crippen LogP contribution in [0.2, 0.25) is 0 Å². The maximum absolute atomic E-state index is 10.4. The molecule has 3 aromatic carbocycles. The molecule has 186 valence electrons. The molecular formula is C27H31Br2N3O3. The molecule has 3 N–H and O–H groups in total. The van der Waals surface area contributed by atoms with Gasteiger partial charge in [-0.2, -0.15) is 0 Å². The van der Waals surface area contributed by atoms with Crippen LogP contribution in [-0.2, 0) is 19.6 Å². The van der Waals surface area contributed by atoms with Gasteiger partial charge in [0.15, 0.2) is 0 Å². The average Bonchev–Trinajstić information content (AvgIpc) is 2.92. The molecule has 4 rings (SSSR count). The summed E-state index contributed by atoms with van der Waals surface area (Å²) >= 11 is 7.03. The molecule has 35 heavy (non-hydrogen) atoms. The van der Waals surface area contributed by atoms with Gasteiger partial charge in [-0.05, 0) is 42.5 Å². The number of para-hydroxylation sites is 1. The number of phenols is 3. The standard InChI is InChI=1S/C27H31Br2N3O3/c28-23-5-7-26(34)21(15-23)18-31-11-9-30(17-20-3-1-2-4-25(20)33)10-12-32(14-13-31)19-22-16-24(29)6-8-27(22)35/h1-8,15-16,33-35H,9-14,17-19H2. The molecule has 0 radical (unpaired) electrons. The lowest BCUT2D eigenvalue weighted by atomic mass is 10.1. The van der Waals surface area contributed by atoms with Crippen LogP contribution in [0.4, 0.5) is 0 Å². The summed E-state index contributed by atoms with van der Waals surface area (Å²) in [4.78, 5) is 7.08. The van der Waals surface area contributed by atoms with Crippen molar-refractivity contribution in [3.63, 3.8) is 0 Å². The number of nitrogens with zero attached hydrogens (tertiary/aromatic N) is 3. The lowest BCUT2D eigenvalue weighted by Crippen LogP contribution is -2.35.